The second kappa shape index (κ2) is 9.06. The largest absolute Gasteiger partial charge is 0.497 e. The van der Waals surface area contributed by atoms with Crippen LogP contribution in [0, 0.1) is 0 Å². The van der Waals surface area contributed by atoms with Crippen LogP contribution in [0.5, 0.6) is 5.75 Å². The van der Waals surface area contributed by atoms with Gasteiger partial charge in [-0.05, 0) is 47.3 Å². The molecule has 156 valence electrons. The lowest BCUT2D eigenvalue weighted by Crippen LogP contribution is -2.32. The second-order valence-electron chi connectivity index (χ2n) is 7.20. The van der Waals surface area contributed by atoms with Gasteiger partial charge in [-0.1, -0.05) is 48.0 Å². The summed E-state index contributed by atoms with van der Waals surface area (Å²) in [5.41, 5.74) is 2.30. The van der Waals surface area contributed by atoms with Crippen LogP contribution < -0.4 is 10.3 Å². The zero-order valence-corrected chi connectivity index (χ0v) is 17.7. The van der Waals surface area contributed by atoms with Crippen molar-refractivity contribution in [2.75, 3.05) is 7.11 Å². The van der Waals surface area contributed by atoms with Crippen LogP contribution >= 0.6 is 11.6 Å². The third-order valence-corrected chi connectivity index (χ3v) is 5.49. The van der Waals surface area contributed by atoms with Crippen LogP contribution in [0.15, 0.2) is 83.7 Å². The first-order valence-electron chi connectivity index (χ1n) is 9.83. The highest BCUT2D eigenvalue weighted by atomic mass is 35.5. The van der Waals surface area contributed by atoms with Crippen molar-refractivity contribution in [1.82, 2.24) is 9.88 Å². The maximum atomic E-state index is 13.3. The monoisotopic (exact) mass is 432 g/mol. The molecule has 1 N–H and O–H groups in total. The molecule has 4 aromatic rings. The number of ether oxygens (including phenoxy) is 1. The smallest absolute Gasteiger partial charge is 0.254 e. The van der Waals surface area contributed by atoms with E-state index in [0.717, 1.165) is 10.9 Å². The summed E-state index contributed by atoms with van der Waals surface area (Å²) in [6.07, 6.45) is 0. The lowest BCUT2D eigenvalue weighted by atomic mass is 10.1. The topological polar surface area (TPSA) is 62.4 Å². The van der Waals surface area contributed by atoms with Crippen molar-refractivity contribution in [3.8, 4) is 5.75 Å². The van der Waals surface area contributed by atoms with Gasteiger partial charge in [0.05, 0.1) is 19.2 Å². The Hall–Kier alpha value is -3.57. The Kier molecular flexibility index (Phi) is 6.05. The Balaban J connectivity index is 1.71. The van der Waals surface area contributed by atoms with Crippen LogP contribution in [-0.2, 0) is 13.1 Å². The van der Waals surface area contributed by atoms with Crippen LogP contribution in [0.4, 0.5) is 0 Å². The number of hydrogen-bond acceptors (Lipinski definition) is 3. The van der Waals surface area contributed by atoms with E-state index in [1.54, 1.807) is 36.3 Å². The van der Waals surface area contributed by atoms with E-state index in [0.29, 0.717) is 27.4 Å². The molecule has 0 unspecified atom stereocenters. The number of amides is 1. The average molecular weight is 433 g/mol. The van der Waals surface area contributed by atoms with Gasteiger partial charge < -0.3 is 14.6 Å². The lowest BCUT2D eigenvalue weighted by molar-refractivity contribution is 0.0729. The van der Waals surface area contributed by atoms with E-state index >= 15 is 0 Å². The molecule has 5 nitrogen and oxygen atoms in total. The molecular weight excluding hydrogens is 412 g/mol. The number of H-pyrrole nitrogens is 1. The molecular formula is C25H21ClN2O3. The predicted molar refractivity (Wildman–Crippen MR) is 123 cm³/mol. The molecule has 0 fully saturated rings. The Morgan fingerprint density at radius 2 is 1.65 bits per heavy atom. The van der Waals surface area contributed by atoms with Gasteiger partial charge >= 0.3 is 0 Å². The van der Waals surface area contributed by atoms with E-state index in [1.165, 1.54) is 0 Å². The van der Waals surface area contributed by atoms with Crippen LogP contribution in [0.2, 0.25) is 5.02 Å². The van der Waals surface area contributed by atoms with E-state index in [-0.39, 0.29) is 24.6 Å². The highest BCUT2D eigenvalue weighted by Crippen LogP contribution is 2.22. The van der Waals surface area contributed by atoms with Crippen LogP contribution in [0.1, 0.15) is 21.5 Å². The summed E-state index contributed by atoms with van der Waals surface area (Å²) in [6, 6.07) is 23.7. The highest BCUT2D eigenvalue weighted by Gasteiger charge is 2.19. The van der Waals surface area contributed by atoms with Crippen molar-refractivity contribution in [2.45, 2.75) is 13.1 Å². The fourth-order valence-corrected chi connectivity index (χ4v) is 3.67. The molecule has 4 rings (SSSR count). The summed E-state index contributed by atoms with van der Waals surface area (Å²) in [5, 5.41) is 1.44. The molecule has 0 radical (unpaired) electrons. The molecule has 0 saturated heterocycles. The molecule has 1 amide bonds. The van der Waals surface area contributed by atoms with Gasteiger partial charge in [0.2, 0.25) is 0 Å². The van der Waals surface area contributed by atoms with E-state index < -0.39 is 0 Å². The zero-order chi connectivity index (χ0) is 21.8. The third kappa shape index (κ3) is 4.62. The van der Waals surface area contributed by atoms with Crippen LogP contribution in [0.3, 0.4) is 0 Å². The number of pyridine rings is 1. The van der Waals surface area contributed by atoms with Gasteiger partial charge in [-0.3, -0.25) is 9.59 Å². The first kappa shape index (κ1) is 20.7. The number of benzene rings is 3. The molecule has 0 aliphatic carbocycles. The number of carbonyl (C=O) groups excluding carboxylic acids is 1. The quantitative estimate of drug-likeness (QED) is 0.464. The number of hydrogen-bond donors (Lipinski definition) is 1. The van der Waals surface area contributed by atoms with Crippen molar-refractivity contribution >= 4 is 28.4 Å². The molecule has 0 aliphatic rings. The normalized spacial score (nSPS) is 10.8. The minimum Gasteiger partial charge on any atom is -0.497 e. The minimum atomic E-state index is -0.245. The number of rotatable bonds is 6. The summed E-state index contributed by atoms with van der Waals surface area (Å²) < 4.78 is 5.23. The maximum absolute atomic E-state index is 13.3. The van der Waals surface area contributed by atoms with Crippen LogP contribution in [0.25, 0.3) is 10.9 Å². The van der Waals surface area contributed by atoms with E-state index in [1.807, 2.05) is 54.6 Å². The second-order valence-corrected chi connectivity index (χ2v) is 7.60. The molecule has 0 spiro atoms. The average Bonchev–Trinajstić information content (AvgIpc) is 2.80. The molecule has 1 aromatic heterocycles. The number of nitrogens with zero attached hydrogens (tertiary/aromatic N) is 1. The number of aromatic amines is 1. The van der Waals surface area contributed by atoms with Crippen molar-refractivity contribution in [1.29, 1.82) is 0 Å². The standard InChI is InChI=1S/C25H21ClN2O3/c1-31-21-12-11-18-13-20(24(29)27-23(18)14-21)16-28(15-19-9-5-6-10-22(19)26)25(30)17-7-3-2-4-8-17/h2-14H,15-16H2,1H3,(H,27,29). The molecule has 6 heteroatoms. The number of carbonyl (C=O) groups is 1. The number of nitrogens with one attached hydrogen (secondary N) is 1. The molecule has 0 saturated carbocycles. The molecule has 1 heterocycles. The minimum absolute atomic E-state index is 0.149. The van der Waals surface area contributed by atoms with Crippen molar-refractivity contribution in [3.63, 3.8) is 0 Å². The number of fused-ring (bicyclic) bond motifs is 1. The first-order valence-corrected chi connectivity index (χ1v) is 10.2. The highest BCUT2D eigenvalue weighted by molar-refractivity contribution is 6.31. The van der Waals surface area contributed by atoms with E-state index in [9.17, 15) is 9.59 Å². The molecule has 0 bridgehead atoms. The van der Waals surface area contributed by atoms with E-state index in [2.05, 4.69) is 4.98 Å². The maximum Gasteiger partial charge on any atom is 0.254 e. The van der Waals surface area contributed by atoms with Gasteiger partial charge in [0.25, 0.3) is 11.5 Å². The Labute approximate surface area is 184 Å². The predicted octanol–water partition coefficient (Wildman–Crippen LogP) is 5.03. The van der Waals surface area contributed by atoms with Crippen molar-refractivity contribution in [3.05, 3.63) is 111 Å². The van der Waals surface area contributed by atoms with Gasteiger partial charge in [0, 0.05) is 28.8 Å². The Morgan fingerprint density at radius 3 is 2.39 bits per heavy atom. The number of halogens is 1. The summed E-state index contributed by atoms with van der Waals surface area (Å²) in [7, 11) is 1.58. The van der Waals surface area contributed by atoms with E-state index in [4.69, 9.17) is 16.3 Å². The fraction of sp³-hybridized carbons (Fsp3) is 0.120. The lowest BCUT2D eigenvalue weighted by Gasteiger charge is -2.23. The number of aromatic nitrogens is 1. The molecule has 0 atom stereocenters. The molecule has 31 heavy (non-hydrogen) atoms. The van der Waals surface area contributed by atoms with Crippen molar-refractivity contribution in [2.24, 2.45) is 0 Å². The van der Waals surface area contributed by atoms with Gasteiger partial charge in [0.15, 0.2) is 0 Å². The summed E-state index contributed by atoms with van der Waals surface area (Å²) in [4.78, 5) is 30.6. The first-order chi connectivity index (χ1) is 15.0. The van der Waals surface area contributed by atoms with Gasteiger partial charge in [-0.2, -0.15) is 0 Å². The third-order valence-electron chi connectivity index (χ3n) is 5.12. The van der Waals surface area contributed by atoms with Gasteiger partial charge in [-0.25, -0.2) is 0 Å². The van der Waals surface area contributed by atoms with Crippen molar-refractivity contribution < 1.29 is 9.53 Å². The number of methoxy groups -OCH3 is 1. The zero-order valence-electron chi connectivity index (χ0n) is 17.0. The molecule has 0 aliphatic heterocycles. The Morgan fingerprint density at radius 1 is 0.935 bits per heavy atom. The summed E-state index contributed by atoms with van der Waals surface area (Å²) in [6.45, 7) is 0.434. The molecule has 3 aromatic carbocycles. The SMILES string of the molecule is COc1ccc2cc(CN(Cc3ccccc3Cl)C(=O)c3ccccc3)c(=O)[nH]c2c1. The fourth-order valence-electron chi connectivity index (χ4n) is 3.47. The van der Waals surface area contributed by atoms with Crippen LogP contribution in [-0.4, -0.2) is 22.9 Å². The summed E-state index contributed by atoms with van der Waals surface area (Å²) in [5.74, 6) is 0.491. The van der Waals surface area contributed by atoms with Gasteiger partial charge in [-0.15, -0.1) is 0 Å². The van der Waals surface area contributed by atoms with Gasteiger partial charge in [0.1, 0.15) is 5.75 Å². The summed E-state index contributed by atoms with van der Waals surface area (Å²) >= 11 is 6.34. The Bertz CT molecular complexity index is 1280.